The van der Waals surface area contributed by atoms with Crippen molar-refractivity contribution in [1.82, 2.24) is 0 Å². The summed E-state index contributed by atoms with van der Waals surface area (Å²) in [7, 11) is 2.58. The molecule has 112 valence electrons. The Hall–Kier alpha value is -2.87. The summed E-state index contributed by atoms with van der Waals surface area (Å²) in [6.07, 6.45) is 5.05. The molecule has 22 heavy (non-hydrogen) atoms. The topological polar surface area (TPSA) is 76.4 Å². The van der Waals surface area contributed by atoms with Gasteiger partial charge in [-0.1, -0.05) is 30.4 Å². The minimum absolute atomic E-state index is 0.123. The lowest BCUT2D eigenvalue weighted by atomic mass is 9.72. The first-order chi connectivity index (χ1) is 10.6. The lowest BCUT2D eigenvalue weighted by molar-refractivity contribution is -0.145. The van der Waals surface area contributed by atoms with Gasteiger partial charge in [-0.15, -0.1) is 0 Å². The van der Waals surface area contributed by atoms with Crippen LogP contribution in [0.1, 0.15) is 17.5 Å². The van der Waals surface area contributed by atoms with Crippen LogP contribution in [0.25, 0.3) is 0 Å². The van der Waals surface area contributed by atoms with E-state index >= 15 is 0 Å². The van der Waals surface area contributed by atoms with Crippen LogP contribution in [0.5, 0.6) is 0 Å². The number of carbonyl (C=O) groups is 2. The molecule has 0 saturated heterocycles. The van der Waals surface area contributed by atoms with Crippen LogP contribution in [0, 0.1) is 11.3 Å². The van der Waals surface area contributed by atoms with Crippen molar-refractivity contribution in [1.29, 1.82) is 5.26 Å². The average Bonchev–Trinajstić information content (AvgIpc) is 2.60. The summed E-state index contributed by atoms with van der Waals surface area (Å²) in [5.41, 5.74) is 0.269. The van der Waals surface area contributed by atoms with E-state index < -0.39 is 17.4 Å². The van der Waals surface area contributed by atoms with E-state index in [4.69, 9.17) is 14.7 Å². The highest BCUT2D eigenvalue weighted by Crippen LogP contribution is 2.37. The van der Waals surface area contributed by atoms with Crippen molar-refractivity contribution in [3.05, 3.63) is 59.2 Å². The molecular formula is C17H15NO4. The van der Waals surface area contributed by atoms with Crippen LogP contribution in [-0.2, 0) is 24.5 Å². The maximum atomic E-state index is 12.4. The number of nitriles is 1. The molecule has 0 aliphatic heterocycles. The normalized spacial score (nSPS) is 19.8. The monoisotopic (exact) mass is 297 g/mol. The highest BCUT2D eigenvalue weighted by atomic mass is 16.5. The van der Waals surface area contributed by atoms with Gasteiger partial charge in [0.25, 0.3) is 0 Å². The first-order valence-electron chi connectivity index (χ1n) is 6.63. The Morgan fingerprint density at radius 1 is 1.27 bits per heavy atom. The van der Waals surface area contributed by atoms with Crippen molar-refractivity contribution >= 4 is 11.9 Å². The summed E-state index contributed by atoms with van der Waals surface area (Å²) >= 11 is 0. The van der Waals surface area contributed by atoms with Gasteiger partial charge >= 0.3 is 11.9 Å². The van der Waals surface area contributed by atoms with E-state index in [0.29, 0.717) is 16.7 Å². The molecule has 5 nitrogen and oxygen atoms in total. The predicted molar refractivity (Wildman–Crippen MR) is 78.7 cm³/mol. The molecule has 1 atom stereocenters. The SMILES string of the molecule is COC(=O)C1=CC=CC(C(=O)OC)(c2cccc(C#N)c2)C1. The van der Waals surface area contributed by atoms with E-state index in [0.717, 1.165) is 0 Å². The molecule has 1 aliphatic carbocycles. The maximum Gasteiger partial charge on any atom is 0.333 e. The molecule has 0 radical (unpaired) electrons. The van der Waals surface area contributed by atoms with Crippen LogP contribution in [0.2, 0.25) is 0 Å². The molecule has 0 heterocycles. The summed E-state index contributed by atoms with van der Waals surface area (Å²) in [5, 5.41) is 9.05. The highest BCUT2D eigenvalue weighted by molar-refractivity contribution is 5.94. The van der Waals surface area contributed by atoms with E-state index in [9.17, 15) is 9.59 Å². The number of carbonyl (C=O) groups excluding carboxylic acids is 2. The van der Waals surface area contributed by atoms with Crippen LogP contribution >= 0.6 is 0 Å². The zero-order chi connectivity index (χ0) is 16.2. The second-order valence-corrected chi connectivity index (χ2v) is 4.87. The Labute approximate surface area is 128 Å². The van der Waals surface area contributed by atoms with Crippen LogP contribution in [0.3, 0.4) is 0 Å². The first kappa shape index (κ1) is 15.5. The van der Waals surface area contributed by atoms with Crippen LogP contribution in [-0.4, -0.2) is 26.2 Å². The standard InChI is InChI=1S/C17H15NO4/c1-21-15(19)13-6-4-8-17(10-13,16(20)22-2)14-7-3-5-12(9-14)11-18/h3-9H,10H2,1-2H3. The lowest BCUT2D eigenvalue weighted by Gasteiger charge is -2.31. The van der Waals surface area contributed by atoms with Gasteiger partial charge in [0.2, 0.25) is 0 Å². The van der Waals surface area contributed by atoms with E-state index in [2.05, 4.69) is 0 Å². The Balaban J connectivity index is 2.54. The van der Waals surface area contributed by atoms with Crippen molar-refractivity contribution in [3.63, 3.8) is 0 Å². The molecule has 1 unspecified atom stereocenters. The molecule has 1 aliphatic rings. The molecule has 0 aromatic heterocycles. The number of hydrogen-bond donors (Lipinski definition) is 0. The van der Waals surface area contributed by atoms with E-state index in [1.807, 2.05) is 6.07 Å². The Morgan fingerprint density at radius 3 is 2.68 bits per heavy atom. The van der Waals surface area contributed by atoms with E-state index in [1.54, 1.807) is 42.5 Å². The molecule has 1 aromatic rings. The largest absolute Gasteiger partial charge is 0.468 e. The minimum atomic E-state index is -1.14. The van der Waals surface area contributed by atoms with Gasteiger partial charge in [-0.25, -0.2) is 4.79 Å². The molecule has 0 fully saturated rings. The van der Waals surface area contributed by atoms with Crippen molar-refractivity contribution < 1.29 is 19.1 Å². The van der Waals surface area contributed by atoms with Crippen LogP contribution < -0.4 is 0 Å². The average molecular weight is 297 g/mol. The van der Waals surface area contributed by atoms with Gasteiger partial charge in [-0.3, -0.25) is 4.79 Å². The van der Waals surface area contributed by atoms with Gasteiger partial charge < -0.3 is 9.47 Å². The zero-order valence-electron chi connectivity index (χ0n) is 12.3. The number of hydrogen-bond acceptors (Lipinski definition) is 5. The zero-order valence-corrected chi connectivity index (χ0v) is 12.3. The third-order valence-electron chi connectivity index (χ3n) is 3.65. The van der Waals surface area contributed by atoms with Crippen molar-refractivity contribution in [2.45, 2.75) is 11.8 Å². The fourth-order valence-electron chi connectivity index (χ4n) is 2.52. The predicted octanol–water partition coefficient (Wildman–Crippen LogP) is 2.03. The van der Waals surface area contributed by atoms with E-state index in [1.165, 1.54) is 14.2 Å². The molecule has 0 bridgehead atoms. The number of benzene rings is 1. The van der Waals surface area contributed by atoms with Gasteiger partial charge in [0.05, 0.1) is 25.9 Å². The van der Waals surface area contributed by atoms with Gasteiger partial charge in [-0.05, 0) is 17.7 Å². The molecule has 0 amide bonds. The highest BCUT2D eigenvalue weighted by Gasteiger charge is 2.42. The summed E-state index contributed by atoms with van der Waals surface area (Å²) < 4.78 is 9.66. The summed E-state index contributed by atoms with van der Waals surface area (Å²) in [6.45, 7) is 0. The molecule has 0 spiro atoms. The fourth-order valence-corrected chi connectivity index (χ4v) is 2.52. The second-order valence-electron chi connectivity index (χ2n) is 4.87. The quantitative estimate of drug-likeness (QED) is 0.798. The minimum Gasteiger partial charge on any atom is -0.468 e. The van der Waals surface area contributed by atoms with Gasteiger partial charge in [0, 0.05) is 12.0 Å². The Morgan fingerprint density at radius 2 is 2.05 bits per heavy atom. The molecule has 5 heteroatoms. The molecule has 0 N–H and O–H groups in total. The third-order valence-corrected chi connectivity index (χ3v) is 3.65. The summed E-state index contributed by atoms with van der Waals surface area (Å²) in [5.74, 6) is -0.984. The summed E-state index contributed by atoms with van der Waals surface area (Å²) in [4.78, 5) is 24.2. The van der Waals surface area contributed by atoms with E-state index in [-0.39, 0.29) is 6.42 Å². The number of nitrogens with zero attached hydrogens (tertiary/aromatic N) is 1. The first-order valence-corrected chi connectivity index (χ1v) is 6.63. The molecule has 1 aromatic carbocycles. The second kappa shape index (κ2) is 6.27. The summed E-state index contributed by atoms with van der Waals surface area (Å²) in [6, 6.07) is 8.76. The van der Waals surface area contributed by atoms with Gasteiger partial charge in [0.15, 0.2) is 0 Å². The van der Waals surface area contributed by atoms with Crippen molar-refractivity contribution in [2.75, 3.05) is 14.2 Å². The van der Waals surface area contributed by atoms with Crippen LogP contribution in [0.15, 0.2) is 48.1 Å². The van der Waals surface area contributed by atoms with Gasteiger partial charge in [0.1, 0.15) is 5.41 Å². The lowest BCUT2D eigenvalue weighted by Crippen LogP contribution is -2.37. The number of methoxy groups -OCH3 is 2. The van der Waals surface area contributed by atoms with Crippen molar-refractivity contribution in [3.8, 4) is 6.07 Å². The molecule has 0 saturated carbocycles. The number of ether oxygens (including phenoxy) is 2. The third kappa shape index (κ3) is 2.63. The smallest absolute Gasteiger partial charge is 0.333 e. The maximum absolute atomic E-state index is 12.4. The number of rotatable bonds is 3. The van der Waals surface area contributed by atoms with Gasteiger partial charge in [-0.2, -0.15) is 5.26 Å². The number of esters is 2. The van der Waals surface area contributed by atoms with Crippen molar-refractivity contribution in [2.24, 2.45) is 0 Å². The number of allylic oxidation sites excluding steroid dienone is 2. The molecular weight excluding hydrogens is 282 g/mol. The van der Waals surface area contributed by atoms with Crippen LogP contribution in [0.4, 0.5) is 0 Å². The Bertz CT molecular complexity index is 712. The fraction of sp³-hybridized carbons (Fsp3) is 0.235. The molecule has 2 rings (SSSR count). The Kier molecular flexibility index (Phi) is 4.42.